The van der Waals surface area contributed by atoms with Crippen molar-refractivity contribution in [3.8, 4) is 0 Å². The van der Waals surface area contributed by atoms with Crippen LogP contribution in [0.15, 0.2) is 16.7 Å². The fourth-order valence-corrected chi connectivity index (χ4v) is 2.39. The molecule has 0 atom stereocenters. The highest BCUT2D eigenvalue weighted by atomic mass is 16.3. The molecular formula is C14H22N2O3. The first-order chi connectivity index (χ1) is 8.85. The first-order valence-electron chi connectivity index (χ1n) is 6.64. The number of aryl methyl sites for hydroxylation is 1. The first-order valence-corrected chi connectivity index (χ1v) is 6.64. The molecule has 0 aliphatic carbocycles. The Kier molecular flexibility index (Phi) is 3.96. The van der Waals surface area contributed by atoms with Gasteiger partial charge in [0.15, 0.2) is 0 Å². The van der Waals surface area contributed by atoms with Crippen LogP contribution in [0.2, 0.25) is 0 Å². The maximum Gasteiger partial charge on any atom is 0.257 e. The fraction of sp³-hybridized carbons (Fsp3) is 0.643. The van der Waals surface area contributed by atoms with Gasteiger partial charge < -0.3 is 14.4 Å². The van der Waals surface area contributed by atoms with Crippen molar-refractivity contribution >= 4 is 5.91 Å². The molecule has 0 unspecified atom stereocenters. The van der Waals surface area contributed by atoms with Crippen LogP contribution in [-0.4, -0.2) is 59.1 Å². The van der Waals surface area contributed by atoms with Crippen LogP contribution in [0.3, 0.4) is 0 Å². The molecule has 0 aromatic carbocycles. The van der Waals surface area contributed by atoms with Crippen molar-refractivity contribution in [2.24, 2.45) is 0 Å². The van der Waals surface area contributed by atoms with Crippen LogP contribution in [0, 0.1) is 6.92 Å². The second kappa shape index (κ2) is 5.35. The van der Waals surface area contributed by atoms with Gasteiger partial charge >= 0.3 is 0 Å². The smallest absolute Gasteiger partial charge is 0.257 e. The molecule has 5 heteroatoms. The van der Waals surface area contributed by atoms with Crippen LogP contribution in [0.5, 0.6) is 0 Å². The van der Waals surface area contributed by atoms with Gasteiger partial charge in [-0.2, -0.15) is 0 Å². The molecule has 1 saturated heterocycles. The zero-order chi connectivity index (χ0) is 14.0. The van der Waals surface area contributed by atoms with Gasteiger partial charge in [-0.25, -0.2) is 0 Å². The summed E-state index contributed by atoms with van der Waals surface area (Å²) in [6.45, 7) is 9.06. The first kappa shape index (κ1) is 14.1. The number of amides is 1. The summed E-state index contributed by atoms with van der Waals surface area (Å²) in [4.78, 5) is 16.2. The zero-order valence-corrected chi connectivity index (χ0v) is 11.8. The Balaban J connectivity index is 1.88. The molecule has 19 heavy (non-hydrogen) atoms. The minimum atomic E-state index is -0.687. The van der Waals surface area contributed by atoms with Gasteiger partial charge in [-0.15, -0.1) is 0 Å². The molecule has 1 aromatic heterocycles. The van der Waals surface area contributed by atoms with E-state index < -0.39 is 5.60 Å². The monoisotopic (exact) mass is 266 g/mol. The van der Waals surface area contributed by atoms with Crippen molar-refractivity contribution in [3.63, 3.8) is 0 Å². The molecule has 1 fully saturated rings. The largest absolute Gasteiger partial charge is 0.469 e. The quantitative estimate of drug-likeness (QED) is 0.890. The minimum Gasteiger partial charge on any atom is -0.469 e. The van der Waals surface area contributed by atoms with Crippen LogP contribution in [0.25, 0.3) is 0 Å². The third-order valence-electron chi connectivity index (χ3n) is 3.25. The topological polar surface area (TPSA) is 56.9 Å². The molecule has 0 spiro atoms. The van der Waals surface area contributed by atoms with Gasteiger partial charge in [-0.3, -0.25) is 9.69 Å². The summed E-state index contributed by atoms with van der Waals surface area (Å²) in [7, 11) is 0. The third-order valence-corrected chi connectivity index (χ3v) is 3.25. The Hall–Kier alpha value is -1.33. The summed E-state index contributed by atoms with van der Waals surface area (Å²) in [5.74, 6) is 0.781. The molecule has 1 aromatic rings. The van der Waals surface area contributed by atoms with E-state index in [1.54, 1.807) is 19.9 Å². The molecule has 5 nitrogen and oxygen atoms in total. The van der Waals surface area contributed by atoms with E-state index in [0.717, 1.165) is 18.8 Å². The predicted molar refractivity (Wildman–Crippen MR) is 72.1 cm³/mol. The maximum absolute atomic E-state index is 12.2. The Morgan fingerprint density at radius 1 is 1.37 bits per heavy atom. The molecule has 1 amide bonds. The normalized spacial score (nSPS) is 17.8. The van der Waals surface area contributed by atoms with Crippen LogP contribution in [0.4, 0.5) is 0 Å². The summed E-state index contributed by atoms with van der Waals surface area (Å²) in [5, 5.41) is 9.79. The van der Waals surface area contributed by atoms with E-state index in [1.165, 1.54) is 6.26 Å². The van der Waals surface area contributed by atoms with Gasteiger partial charge in [0.1, 0.15) is 12.0 Å². The van der Waals surface area contributed by atoms with E-state index in [-0.39, 0.29) is 5.91 Å². The van der Waals surface area contributed by atoms with E-state index in [2.05, 4.69) is 4.90 Å². The Morgan fingerprint density at radius 2 is 2.00 bits per heavy atom. The highest BCUT2D eigenvalue weighted by Gasteiger charge is 2.26. The van der Waals surface area contributed by atoms with Crippen molar-refractivity contribution in [1.29, 1.82) is 0 Å². The number of hydrogen-bond donors (Lipinski definition) is 1. The lowest BCUT2D eigenvalue weighted by Gasteiger charge is -2.37. The summed E-state index contributed by atoms with van der Waals surface area (Å²) in [6, 6.07) is 1.77. The highest BCUT2D eigenvalue weighted by molar-refractivity contribution is 5.94. The summed E-state index contributed by atoms with van der Waals surface area (Å²) in [5.41, 5.74) is -0.0677. The molecule has 1 aliphatic heterocycles. The Bertz CT molecular complexity index is 440. The second-order valence-electron chi connectivity index (χ2n) is 5.83. The molecule has 106 valence electrons. The summed E-state index contributed by atoms with van der Waals surface area (Å²) in [6.07, 6.45) is 1.51. The lowest BCUT2D eigenvalue weighted by Crippen LogP contribution is -2.51. The lowest BCUT2D eigenvalue weighted by molar-refractivity contribution is 0.0178. The SMILES string of the molecule is Cc1cc(C(=O)N2CCN(CC(C)(C)O)CC2)co1. The van der Waals surface area contributed by atoms with Crippen molar-refractivity contribution in [2.75, 3.05) is 32.7 Å². The number of aliphatic hydroxyl groups is 1. The predicted octanol–water partition coefficient (Wildman–Crippen LogP) is 1.12. The van der Waals surface area contributed by atoms with Crippen molar-refractivity contribution < 1.29 is 14.3 Å². The van der Waals surface area contributed by atoms with Crippen LogP contribution in [0.1, 0.15) is 30.0 Å². The van der Waals surface area contributed by atoms with Crippen molar-refractivity contribution in [3.05, 3.63) is 23.7 Å². The number of β-amino-alcohol motifs (C(OH)–C–C–N with tert-alkyl or cyclic N) is 1. The molecule has 1 aliphatic rings. The average molecular weight is 266 g/mol. The number of rotatable bonds is 3. The highest BCUT2D eigenvalue weighted by Crippen LogP contribution is 2.13. The molecular weight excluding hydrogens is 244 g/mol. The summed E-state index contributed by atoms with van der Waals surface area (Å²) < 4.78 is 5.17. The van der Waals surface area contributed by atoms with E-state index in [9.17, 15) is 9.90 Å². The van der Waals surface area contributed by atoms with Gasteiger partial charge in [-0.1, -0.05) is 0 Å². The summed E-state index contributed by atoms with van der Waals surface area (Å²) >= 11 is 0. The van der Waals surface area contributed by atoms with Crippen LogP contribution in [-0.2, 0) is 0 Å². The lowest BCUT2D eigenvalue weighted by atomic mass is 10.1. The minimum absolute atomic E-state index is 0.0276. The van der Waals surface area contributed by atoms with Crippen LogP contribution >= 0.6 is 0 Å². The van der Waals surface area contributed by atoms with Crippen molar-refractivity contribution in [2.45, 2.75) is 26.4 Å². The van der Waals surface area contributed by atoms with Gasteiger partial charge in [0, 0.05) is 32.7 Å². The van der Waals surface area contributed by atoms with E-state index in [4.69, 9.17) is 4.42 Å². The average Bonchev–Trinajstić information content (AvgIpc) is 2.74. The van der Waals surface area contributed by atoms with Gasteiger partial charge in [0.25, 0.3) is 5.91 Å². The van der Waals surface area contributed by atoms with E-state index >= 15 is 0 Å². The number of carbonyl (C=O) groups excluding carboxylic acids is 1. The molecule has 2 heterocycles. The van der Waals surface area contributed by atoms with Gasteiger partial charge in [0.2, 0.25) is 0 Å². The standard InChI is InChI=1S/C14H22N2O3/c1-11-8-12(9-19-11)13(17)16-6-4-15(5-7-16)10-14(2,3)18/h8-9,18H,4-7,10H2,1-3H3. The maximum atomic E-state index is 12.2. The van der Waals surface area contributed by atoms with Gasteiger partial charge in [-0.05, 0) is 26.8 Å². The molecule has 1 N–H and O–H groups in total. The van der Waals surface area contributed by atoms with Gasteiger partial charge in [0.05, 0.1) is 11.2 Å². The second-order valence-corrected chi connectivity index (χ2v) is 5.83. The number of nitrogens with zero attached hydrogens (tertiary/aromatic N) is 2. The number of carbonyl (C=O) groups is 1. The van der Waals surface area contributed by atoms with E-state index in [1.807, 2.05) is 11.8 Å². The Morgan fingerprint density at radius 3 is 2.47 bits per heavy atom. The molecule has 2 rings (SSSR count). The zero-order valence-electron chi connectivity index (χ0n) is 11.8. The number of furan rings is 1. The molecule has 0 radical (unpaired) electrons. The fourth-order valence-electron chi connectivity index (χ4n) is 2.39. The van der Waals surface area contributed by atoms with E-state index in [0.29, 0.717) is 25.2 Å². The van der Waals surface area contributed by atoms with Crippen molar-refractivity contribution in [1.82, 2.24) is 9.80 Å². The Labute approximate surface area is 113 Å². The molecule has 0 saturated carbocycles. The number of piperazine rings is 1. The van der Waals surface area contributed by atoms with Crippen LogP contribution < -0.4 is 0 Å². The number of hydrogen-bond acceptors (Lipinski definition) is 4. The molecule has 0 bridgehead atoms. The third kappa shape index (κ3) is 3.81.